The summed E-state index contributed by atoms with van der Waals surface area (Å²) in [5, 5.41) is 2.96. The van der Waals surface area contributed by atoms with Gasteiger partial charge in [-0.2, -0.15) is 0 Å². The average molecular weight is 420 g/mol. The van der Waals surface area contributed by atoms with Crippen LogP contribution in [0, 0.1) is 0 Å². The number of piperazine rings is 1. The normalized spacial score (nSPS) is 14.7. The van der Waals surface area contributed by atoms with E-state index in [-0.39, 0.29) is 11.8 Å². The van der Waals surface area contributed by atoms with Crippen molar-refractivity contribution < 1.29 is 9.59 Å². The fraction of sp³-hybridized carbons (Fsp3) is 0.375. The van der Waals surface area contributed by atoms with E-state index in [1.54, 1.807) is 12.1 Å². The Kier molecular flexibility index (Phi) is 6.32. The van der Waals surface area contributed by atoms with Crippen molar-refractivity contribution in [3.05, 3.63) is 59.9 Å². The van der Waals surface area contributed by atoms with Crippen molar-refractivity contribution in [3.8, 4) is 0 Å². The minimum absolute atomic E-state index is 0.130. The molecule has 31 heavy (non-hydrogen) atoms. The molecular weight excluding hydrogens is 390 g/mol. The summed E-state index contributed by atoms with van der Waals surface area (Å²) in [6.45, 7) is 8.87. The number of amides is 2. The van der Waals surface area contributed by atoms with Crippen molar-refractivity contribution >= 4 is 28.5 Å². The van der Waals surface area contributed by atoms with Crippen LogP contribution in [0.1, 0.15) is 36.5 Å². The molecule has 1 aliphatic rings. The lowest BCUT2D eigenvalue weighted by molar-refractivity contribution is -0.132. The molecule has 162 valence electrons. The molecule has 0 aliphatic carbocycles. The first kappa shape index (κ1) is 21.1. The van der Waals surface area contributed by atoms with E-state index in [9.17, 15) is 9.59 Å². The van der Waals surface area contributed by atoms with Gasteiger partial charge in [-0.1, -0.05) is 25.1 Å². The number of nitrogens with one attached hydrogen (secondary N) is 1. The second kappa shape index (κ2) is 9.31. The van der Waals surface area contributed by atoms with Crippen molar-refractivity contribution in [2.75, 3.05) is 31.5 Å². The molecule has 0 spiro atoms. The minimum Gasteiger partial charge on any atom is -0.340 e. The van der Waals surface area contributed by atoms with Crippen LogP contribution in [0.2, 0.25) is 0 Å². The summed E-state index contributed by atoms with van der Waals surface area (Å²) in [6, 6.07) is 15.1. The summed E-state index contributed by atoms with van der Waals surface area (Å²) in [7, 11) is 0. The molecule has 2 amide bonds. The van der Waals surface area contributed by atoms with Crippen molar-refractivity contribution in [1.82, 2.24) is 19.4 Å². The molecule has 1 aliphatic heterocycles. The summed E-state index contributed by atoms with van der Waals surface area (Å²) in [5.41, 5.74) is 3.31. The number of anilines is 1. The Hall–Kier alpha value is -3.19. The van der Waals surface area contributed by atoms with Crippen LogP contribution in [0.25, 0.3) is 11.0 Å². The predicted octanol–water partition coefficient (Wildman–Crippen LogP) is 3.36. The van der Waals surface area contributed by atoms with Crippen molar-refractivity contribution in [2.45, 2.75) is 33.4 Å². The zero-order valence-corrected chi connectivity index (χ0v) is 18.2. The van der Waals surface area contributed by atoms with Gasteiger partial charge in [-0.3, -0.25) is 14.5 Å². The van der Waals surface area contributed by atoms with E-state index in [0.717, 1.165) is 61.8 Å². The third kappa shape index (κ3) is 4.61. The second-order valence-corrected chi connectivity index (χ2v) is 7.81. The van der Waals surface area contributed by atoms with Crippen molar-refractivity contribution in [3.63, 3.8) is 0 Å². The first-order valence-corrected chi connectivity index (χ1v) is 10.9. The summed E-state index contributed by atoms with van der Waals surface area (Å²) in [5.74, 6) is 1.11. The topological polar surface area (TPSA) is 70.5 Å². The molecule has 3 aromatic rings. The fourth-order valence-corrected chi connectivity index (χ4v) is 4.10. The number of carbonyl (C=O) groups is 2. The Morgan fingerprint density at radius 1 is 1.00 bits per heavy atom. The highest BCUT2D eigenvalue weighted by atomic mass is 16.2. The lowest BCUT2D eigenvalue weighted by atomic mass is 10.2. The highest BCUT2D eigenvalue weighted by Gasteiger charge is 2.22. The molecule has 1 saturated heterocycles. The van der Waals surface area contributed by atoms with E-state index in [0.29, 0.717) is 12.0 Å². The smallest absolute Gasteiger partial charge is 0.255 e. The highest BCUT2D eigenvalue weighted by Crippen LogP contribution is 2.22. The van der Waals surface area contributed by atoms with E-state index in [2.05, 4.69) is 21.7 Å². The zero-order chi connectivity index (χ0) is 21.8. The number of hydrogen-bond acceptors (Lipinski definition) is 4. The summed E-state index contributed by atoms with van der Waals surface area (Å²) < 4.78 is 2.22. The maximum atomic E-state index is 12.5. The van der Waals surface area contributed by atoms with Crippen LogP contribution in [0.4, 0.5) is 5.69 Å². The molecule has 0 radical (unpaired) electrons. The molecule has 0 unspecified atom stereocenters. The maximum absolute atomic E-state index is 12.5. The van der Waals surface area contributed by atoms with E-state index >= 15 is 0 Å². The van der Waals surface area contributed by atoms with Gasteiger partial charge in [-0.15, -0.1) is 0 Å². The van der Waals surface area contributed by atoms with Gasteiger partial charge in [0.05, 0.1) is 17.6 Å². The number of aromatic nitrogens is 2. The van der Waals surface area contributed by atoms with E-state index in [1.165, 1.54) is 0 Å². The SMILES string of the molecule is CCC(=O)N1CCN(Cc2nc3cc(NC(=O)c4ccccc4)ccc3n2CC)CC1. The van der Waals surface area contributed by atoms with Gasteiger partial charge in [0.15, 0.2) is 0 Å². The van der Waals surface area contributed by atoms with Gasteiger partial charge in [0.1, 0.15) is 5.82 Å². The van der Waals surface area contributed by atoms with E-state index in [1.807, 2.05) is 48.2 Å². The highest BCUT2D eigenvalue weighted by molar-refractivity contribution is 6.04. The van der Waals surface area contributed by atoms with Gasteiger partial charge in [0, 0.05) is 50.4 Å². The predicted molar refractivity (Wildman–Crippen MR) is 122 cm³/mol. The number of imidazole rings is 1. The van der Waals surface area contributed by atoms with Crippen LogP contribution in [-0.4, -0.2) is 57.3 Å². The summed E-state index contributed by atoms with van der Waals surface area (Å²) in [6.07, 6.45) is 0.564. The standard InChI is InChI=1S/C24H29N5O2/c1-3-23(30)28-14-12-27(13-15-28)17-22-26-20-16-19(10-11-21(20)29(22)4-2)25-24(31)18-8-6-5-7-9-18/h5-11,16H,3-4,12-15,17H2,1-2H3,(H,25,31). The molecular formula is C24H29N5O2. The number of benzene rings is 2. The first-order valence-electron chi connectivity index (χ1n) is 10.9. The molecule has 7 nitrogen and oxygen atoms in total. The zero-order valence-electron chi connectivity index (χ0n) is 18.2. The fourth-order valence-electron chi connectivity index (χ4n) is 4.10. The van der Waals surface area contributed by atoms with Gasteiger partial charge in [0.2, 0.25) is 5.91 Å². The summed E-state index contributed by atoms with van der Waals surface area (Å²) in [4.78, 5) is 33.6. The number of aryl methyl sites for hydroxylation is 1. The number of fused-ring (bicyclic) bond motifs is 1. The Morgan fingerprint density at radius 3 is 2.42 bits per heavy atom. The number of hydrogen-bond donors (Lipinski definition) is 1. The molecule has 2 heterocycles. The molecule has 7 heteroatoms. The van der Waals surface area contributed by atoms with Crippen LogP contribution in [0.5, 0.6) is 0 Å². The van der Waals surface area contributed by atoms with Gasteiger partial charge in [-0.05, 0) is 37.3 Å². The quantitative estimate of drug-likeness (QED) is 0.665. The molecule has 4 rings (SSSR count). The van der Waals surface area contributed by atoms with Gasteiger partial charge in [-0.25, -0.2) is 4.98 Å². The maximum Gasteiger partial charge on any atom is 0.255 e. The van der Waals surface area contributed by atoms with Crippen LogP contribution in [-0.2, 0) is 17.9 Å². The second-order valence-electron chi connectivity index (χ2n) is 7.81. The van der Waals surface area contributed by atoms with Crippen LogP contribution in [0.3, 0.4) is 0 Å². The Bertz CT molecular complexity index is 1070. The Morgan fingerprint density at radius 2 is 1.74 bits per heavy atom. The van der Waals surface area contributed by atoms with Gasteiger partial charge in [0.25, 0.3) is 5.91 Å². The average Bonchev–Trinajstić information content (AvgIpc) is 3.15. The number of rotatable bonds is 6. The van der Waals surface area contributed by atoms with Crippen LogP contribution < -0.4 is 5.32 Å². The summed E-state index contributed by atoms with van der Waals surface area (Å²) >= 11 is 0. The minimum atomic E-state index is -0.130. The van der Waals surface area contributed by atoms with Crippen LogP contribution in [0.15, 0.2) is 48.5 Å². The molecule has 1 aromatic heterocycles. The molecule has 0 saturated carbocycles. The third-order valence-electron chi connectivity index (χ3n) is 5.83. The van der Waals surface area contributed by atoms with Crippen LogP contribution >= 0.6 is 0 Å². The van der Waals surface area contributed by atoms with Gasteiger partial charge >= 0.3 is 0 Å². The molecule has 1 fully saturated rings. The lowest BCUT2D eigenvalue weighted by Gasteiger charge is -2.34. The molecule has 0 atom stereocenters. The van der Waals surface area contributed by atoms with E-state index in [4.69, 9.17) is 4.98 Å². The monoisotopic (exact) mass is 419 g/mol. The lowest BCUT2D eigenvalue weighted by Crippen LogP contribution is -2.48. The Labute approximate surface area is 182 Å². The first-order chi connectivity index (χ1) is 15.1. The third-order valence-corrected chi connectivity index (χ3v) is 5.83. The molecule has 0 bridgehead atoms. The largest absolute Gasteiger partial charge is 0.340 e. The van der Waals surface area contributed by atoms with Gasteiger partial charge < -0.3 is 14.8 Å². The van der Waals surface area contributed by atoms with Crippen molar-refractivity contribution in [2.24, 2.45) is 0 Å². The number of carbonyl (C=O) groups excluding carboxylic acids is 2. The molecule has 1 N–H and O–H groups in total. The number of nitrogens with zero attached hydrogens (tertiary/aromatic N) is 4. The van der Waals surface area contributed by atoms with E-state index < -0.39 is 0 Å². The molecule has 2 aromatic carbocycles. The Balaban J connectivity index is 1.48. The van der Waals surface area contributed by atoms with Crippen molar-refractivity contribution in [1.29, 1.82) is 0 Å².